The van der Waals surface area contributed by atoms with Crippen molar-refractivity contribution in [2.24, 2.45) is 5.92 Å². The van der Waals surface area contributed by atoms with Crippen LogP contribution in [0.2, 0.25) is 0 Å². The van der Waals surface area contributed by atoms with E-state index >= 15 is 0 Å². The van der Waals surface area contributed by atoms with Crippen molar-refractivity contribution in [3.8, 4) is 0 Å². The van der Waals surface area contributed by atoms with Crippen LogP contribution < -0.4 is 0 Å². The molecule has 1 saturated carbocycles. The summed E-state index contributed by atoms with van der Waals surface area (Å²) in [6.07, 6.45) is -2.62. The zero-order valence-corrected chi connectivity index (χ0v) is 11.2. The highest BCUT2D eigenvalue weighted by atomic mass is 19.4. The SMILES string of the molecule is COCCOCC(=O)N(CC(F)(F)F)C(C)C1CC1. The number of amides is 1. The molecule has 0 saturated heterocycles. The monoisotopic (exact) mass is 283 g/mol. The van der Waals surface area contributed by atoms with Gasteiger partial charge in [-0.1, -0.05) is 0 Å². The minimum atomic E-state index is -4.38. The average molecular weight is 283 g/mol. The third-order valence-electron chi connectivity index (χ3n) is 3.12. The first kappa shape index (κ1) is 16.2. The van der Waals surface area contributed by atoms with Gasteiger partial charge in [-0.25, -0.2) is 0 Å². The van der Waals surface area contributed by atoms with E-state index in [4.69, 9.17) is 9.47 Å². The summed E-state index contributed by atoms with van der Waals surface area (Å²) in [5.74, 6) is -0.432. The number of hydrogen-bond acceptors (Lipinski definition) is 3. The van der Waals surface area contributed by atoms with Crippen molar-refractivity contribution >= 4 is 5.91 Å². The molecule has 0 aromatic rings. The van der Waals surface area contributed by atoms with E-state index < -0.39 is 18.6 Å². The van der Waals surface area contributed by atoms with E-state index in [1.807, 2.05) is 0 Å². The first-order chi connectivity index (χ1) is 8.85. The Morgan fingerprint density at radius 1 is 1.37 bits per heavy atom. The normalized spacial score (nSPS) is 17.3. The zero-order valence-electron chi connectivity index (χ0n) is 11.2. The summed E-state index contributed by atoms with van der Waals surface area (Å²) >= 11 is 0. The van der Waals surface area contributed by atoms with E-state index in [1.54, 1.807) is 6.92 Å². The van der Waals surface area contributed by atoms with Crippen LogP contribution in [-0.2, 0) is 14.3 Å². The molecule has 19 heavy (non-hydrogen) atoms. The lowest BCUT2D eigenvalue weighted by Crippen LogP contribution is -2.47. The molecule has 0 radical (unpaired) electrons. The maximum atomic E-state index is 12.5. The third kappa shape index (κ3) is 6.24. The molecule has 1 atom stereocenters. The van der Waals surface area contributed by atoms with Crippen molar-refractivity contribution in [1.29, 1.82) is 0 Å². The predicted molar refractivity (Wildman–Crippen MR) is 62.6 cm³/mol. The lowest BCUT2D eigenvalue weighted by atomic mass is 10.2. The standard InChI is InChI=1S/C12H20F3NO3/c1-9(10-3-4-10)16(8-12(13,14)15)11(17)7-19-6-5-18-2/h9-10H,3-8H2,1-2H3. The molecular weight excluding hydrogens is 263 g/mol. The Hall–Kier alpha value is -0.820. The van der Waals surface area contributed by atoms with Crippen molar-refractivity contribution in [3.63, 3.8) is 0 Å². The Balaban J connectivity index is 2.49. The van der Waals surface area contributed by atoms with Gasteiger partial charge in [0.1, 0.15) is 13.2 Å². The summed E-state index contributed by atoms with van der Waals surface area (Å²) in [7, 11) is 1.48. The van der Waals surface area contributed by atoms with Crippen LogP contribution >= 0.6 is 0 Å². The number of carbonyl (C=O) groups is 1. The molecule has 1 unspecified atom stereocenters. The largest absolute Gasteiger partial charge is 0.406 e. The van der Waals surface area contributed by atoms with Crippen LogP contribution in [0.15, 0.2) is 0 Å². The first-order valence-corrected chi connectivity index (χ1v) is 6.28. The fourth-order valence-electron chi connectivity index (χ4n) is 1.87. The molecule has 1 amide bonds. The number of halogens is 3. The van der Waals surface area contributed by atoms with Crippen molar-refractivity contribution in [3.05, 3.63) is 0 Å². The van der Waals surface area contributed by atoms with Gasteiger partial charge in [-0.05, 0) is 25.7 Å². The first-order valence-electron chi connectivity index (χ1n) is 6.28. The highest BCUT2D eigenvalue weighted by Crippen LogP contribution is 2.36. The highest BCUT2D eigenvalue weighted by molar-refractivity contribution is 5.77. The van der Waals surface area contributed by atoms with Crippen LogP contribution in [0, 0.1) is 5.92 Å². The van der Waals surface area contributed by atoms with Gasteiger partial charge in [-0.2, -0.15) is 13.2 Å². The Morgan fingerprint density at radius 3 is 2.47 bits per heavy atom. The molecule has 0 N–H and O–H groups in total. The van der Waals surface area contributed by atoms with Gasteiger partial charge in [0.25, 0.3) is 0 Å². The quantitative estimate of drug-likeness (QED) is 0.638. The van der Waals surface area contributed by atoms with Crippen molar-refractivity contribution in [1.82, 2.24) is 4.90 Å². The van der Waals surface area contributed by atoms with Gasteiger partial charge >= 0.3 is 6.18 Å². The maximum Gasteiger partial charge on any atom is 0.406 e. The minimum Gasteiger partial charge on any atom is -0.382 e. The number of methoxy groups -OCH3 is 1. The van der Waals surface area contributed by atoms with Crippen LogP contribution in [0.1, 0.15) is 19.8 Å². The van der Waals surface area contributed by atoms with E-state index in [0.29, 0.717) is 6.61 Å². The molecule has 0 bridgehead atoms. The molecule has 1 fully saturated rings. The summed E-state index contributed by atoms with van der Waals surface area (Å²) in [6, 6.07) is -0.389. The van der Waals surface area contributed by atoms with E-state index in [2.05, 4.69) is 0 Å². The third-order valence-corrected chi connectivity index (χ3v) is 3.12. The average Bonchev–Trinajstić information content (AvgIpc) is 3.13. The van der Waals surface area contributed by atoms with Gasteiger partial charge in [-0.3, -0.25) is 4.79 Å². The molecule has 0 aromatic heterocycles. The number of alkyl halides is 3. The number of rotatable bonds is 8. The Labute approximate surface area is 110 Å². The minimum absolute atomic E-state index is 0.185. The summed E-state index contributed by atoms with van der Waals surface area (Å²) in [5.41, 5.74) is 0. The van der Waals surface area contributed by atoms with Crippen LogP contribution in [0.3, 0.4) is 0 Å². The Kier molecular flexibility index (Phi) is 6.06. The van der Waals surface area contributed by atoms with Gasteiger partial charge in [0.15, 0.2) is 0 Å². The highest BCUT2D eigenvalue weighted by Gasteiger charge is 2.40. The van der Waals surface area contributed by atoms with Crippen LogP contribution in [0.4, 0.5) is 13.2 Å². The smallest absolute Gasteiger partial charge is 0.382 e. The Bertz CT molecular complexity index is 292. The van der Waals surface area contributed by atoms with Crippen LogP contribution in [0.25, 0.3) is 0 Å². The number of ether oxygens (including phenoxy) is 2. The maximum absolute atomic E-state index is 12.5. The predicted octanol–water partition coefficient (Wildman–Crippen LogP) is 1.84. The molecule has 1 aliphatic rings. The molecule has 0 spiro atoms. The summed E-state index contributed by atoms with van der Waals surface area (Å²) in [6.45, 7) is 0.620. The van der Waals surface area contributed by atoms with Crippen molar-refractivity contribution in [2.45, 2.75) is 32.0 Å². The summed E-state index contributed by atoms with van der Waals surface area (Å²) < 4.78 is 47.2. The van der Waals surface area contributed by atoms with Gasteiger partial charge in [0, 0.05) is 13.2 Å². The molecule has 0 aliphatic heterocycles. The zero-order chi connectivity index (χ0) is 14.5. The lowest BCUT2D eigenvalue weighted by Gasteiger charge is -2.30. The van der Waals surface area contributed by atoms with Crippen molar-refractivity contribution in [2.75, 3.05) is 33.5 Å². The molecule has 7 heteroatoms. The fraction of sp³-hybridized carbons (Fsp3) is 0.917. The number of nitrogens with zero attached hydrogens (tertiary/aromatic N) is 1. The van der Waals surface area contributed by atoms with Crippen molar-refractivity contribution < 1.29 is 27.4 Å². The molecular formula is C12H20F3NO3. The van der Waals surface area contributed by atoms with Gasteiger partial charge in [0.05, 0.1) is 13.2 Å². The van der Waals surface area contributed by atoms with Crippen LogP contribution in [-0.4, -0.2) is 56.5 Å². The van der Waals surface area contributed by atoms with Gasteiger partial charge in [-0.15, -0.1) is 0 Å². The molecule has 1 aliphatic carbocycles. The van der Waals surface area contributed by atoms with E-state index in [-0.39, 0.29) is 25.2 Å². The summed E-state index contributed by atoms with van der Waals surface area (Å²) in [5, 5.41) is 0. The second kappa shape index (κ2) is 7.09. The number of hydrogen-bond donors (Lipinski definition) is 0. The second-order valence-corrected chi connectivity index (χ2v) is 4.76. The number of carbonyl (C=O) groups excluding carboxylic acids is 1. The van der Waals surface area contributed by atoms with Crippen LogP contribution in [0.5, 0.6) is 0 Å². The van der Waals surface area contributed by atoms with E-state index in [0.717, 1.165) is 17.7 Å². The van der Waals surface area contributed by atoms with E-state index in [9.17, 15) is 18.0 Å². The topological polar surface area (TPSA) is 38.8 Å². The van der Waals surface area contributed by atoms with E-state index in [1.165, 1.54) is 7.11 Å². The molecule has 1 rings (SSSR count). The Morgan fingerprint density at radius 2 is 2.00 bits per heavy atom. The van der Waals surface area contributed by atoms with Gasteiger partial charge < -0.3 is 14.4 Å². The molecule has 4 nitrogen and oxygen atoms in total. The fourth-order valence-corrected chi connectivity index (χ4v) is 1.87. The summed E-state index contributed by atoms with van der Waals surface area (Å²) in [4.78, 5) is 12.7. The molecule has 0 aromatic carbocycles. The lowest BCUT2D eigenvalue weighted by molar-refractivity contribution is -0.168. The molecule has 0 heterocycles. The second-order valence-electron chi connectivity index (χ2n) is 4.76. The van der Waals surface area contributed by atoms with Gasteiger partial charge in [0.2, 0.25) is 5.91 Å². The molecule has 112 valence electrons.